The van der Waals surface area contributed by atoms with Gasteiger partial charge in [-0.05, 0) is 22.3 Å². The number of carbonyl (C=O) groups is 1. The molecule has 0 bridgehead atoms. The van der Waals surface area contributed by atoms with Crippen LogP contribution < -0.4 is 5.11 Å². The highest BCUT2D eigenvalue weighted by molar-refractivity contribution is 6.07. The van der Waals surface area contributed by atoms with Crippen molar-refractivity contribution < 1.29 is 14.3 Å². The van der Waals surface area contributed by atoms with Gasteiger partial charge in [0.2, 0.25) is 0 Å². The molecule has 3 heteroatoms. The third-order valence-electron chi connectivity index (χ3n) is 3.08. The molecule has 0 aromatic heterocycles. The van der Waals surface area contributed by atoms with Crippen LogP contribution in [0.2, 0.25) is 0 Å². The van der Waals surface area contributed by atoms with Gasteiger partial charge in [-0.3, -0.25) is 0 Å². The number of benzene rings is 2. The lowest BCUT2D eigenvalue weighted by atomic mass is 10.0. The van der Waals surface area contributed by atoms with Crippen LogP contribution in [0.15, 0.2) is 54.4 Å². The fraction of sp³-hybridized carbons (Fsp3) is 0. The van der Waals surface area contributed by atoms with Gasteiger partial charge in [0.15, 0.2) is 5.83 Å². The van der Waals surface area contributed by atoms with Crippen molar-refractivity contribution in [3.8, 4) is 11.1 Å². The molecule has 0 saturated carbocycles. The number of carboxylic acids is 1. The van der Waals surface area contributed by atoms with Crippen LogP contribution in [0.1, 0.15) is 11.1 Å². The van der Waals surface area contributed by atoms with E-state index in [9.17, 15) is 14.3 Å². The molecule has 0 radical (unpaired) electrons. The Kier molecular flexibility index (Phi) is 2.27. The van der Waals surface area contributed by atoms with E-state index in [0.29, 0.717) is 11.1 Å². The van der Waals surface area contributed by atoms with Gasteiger partial charge in [-0.25, -0.2) is 4.39 Å². The van der Waals surface area contributed by atoms with Crippen LogP contribution in [-0.4, -0.2) is 5.97 Å². The number of hydrogen-bond donors (Lipinski definition) is 0. The zero-order valence-electron chi connectivity index (χ0n) is 9.31. The van der Waals surface area contributed by atoms with E-state index >= 15 is 0 Å². The maximum absolute atomic E-state index is 13.8. The van der Waals surface area contributed by atoms with Gasteiger partial charge in [0, 0.05) is 5.57 Å². The average Bonchev–Trinajstić information content (AvgIpc) is 2.72. The van der Waals surface area contributed by atoms with Gasteiger partial charge in [0.05, 0.1) is 0 Å². The highest BCUT2D eigenvalue weighted by Crippen LogP contribution is 2.45. The van der Waals surface area contributed by atoms with E-state index in [-0.39, 0.29) is 5.57 Å². The molecule has 0 amide bonds. The second-order valence-corrected chi connectivity index (χ2v) is 4.07. The summed E-state index contributed by atoms with van der Waals surface area (Å²) in [6.07, 6.45) is 0. The lowest BCUT2D eigenvalue weighted by molar-refractivity contribution is -0.301. The molecule has 1 aliphatic rings. The van der Waals surface area contributed by atoms with E-state index in [0.717, 1.165) is 11.1 Å². The summed E-state index contributed by atoms with van der Waals surface area (Å²) in [6.45, 7) is 0. The maximum atomic E-state index is 13.8. The monoisotopic (exact) mass is 239 g/mol. The fourth-order valence-corrected chi connectivity index (χ4v) is 2.36. The summed E-state index contributed by atoms with van der Waals surface area (Å²) in [5.74, 6) is -3.00. The molecule has 2 nitrogen and oxygen atoms in total. The molecule has 18 heavy (non-hydrogen) atoms. The molecule has 3 rings (SSSR count). The Balaban J connectivity index is 2.42. The quantitative estimate of drug-likeness (QED) is 0.610. The predicted octanol–water partition coefficient (Wildman–Crippen LogP) is 2.15. The highest BCUT2D eigenvalue weighted by Gasteiger charge is 2.25. The third-order valence-corrected chi connectivity index (χ3v) is 3.08. The van der Waals surface area contributed by atoms with Crippen LogP contribution in [0.4, 0.5) is 4.39 Å². The van der Waals surface area contributed by atoms with E-state index < -0.39 is 11.8 Å². The highest BCUT2D eigenvalue weighted by atomic mass is 19.1. The second kappa shape index (κ2) is 3.81. The molecule has 0 spiro atoms. The van der Waals surface area contributed by atoms with Gasteiger partial charge in [-0.15, -0.1) is 0 Å². The Morgan fingerprint density at radius 1 is 0.833 bits per heavy atom. The molecule has 0 unspecified atom stereocenters. The summed E-state index contributed by atoms with van der Waals surface area (Å²) in [7, 11) is 0. The van der Waals surface area contributed by atoms with E-state index in [4.69, 9.17) is 0 Å². The van der Waals surface area contributed by atoms with Crippen LogP contribution >= 0.6 is 0 Å². The Labute approximate surface area is 103 Å². The Hall–Kier alpha value is -2.42. The number of hydrogen-bond acceptors (Lipinski definition) is 2. The minimum Gasteiger partial charge on any atom is -0.542 e. The first-order valence-electron chi connectivity index (χ1n) is 5.50. The zero-order valence-corrected chi connectivity index (χ0v) is 9.31. The fourth-order valence-electron chi connectivity index (χ4n) is 2.36. The summed E-state index contributed by atoms with van der Waals surface area (Å²) in [5.41, 5.74) is 3.00. The van der Waals surface area contributed by atoms with Gasteiger partial charge < -0.3 is 9.90 Å². The molecule has 0 aliphatic heterocycles. The standard InChI is InChI=1S/C15H9FO2/c16-14(15(17)18)13-11-7-3-1-5-9(11)10-6-2-4-8-12(10)13/h1-8H,(H,17,18)/p-1. The van der Waals surface area contributed by atoms with Gasteiger partial charge in [-0.1, -0.05) is 48.5 Å². The van der Waals surface area contributed by atoms with Crippen molar-refractivity contribution in [2.75, 3.05) is 0 Å². The molecule has 0 fully saturated rings. The number of carbonyl (C=O) groups excluding carboxylic acids is 1. The second-order valence-electron chi connectivity index (χ2n) is 4.07. The van der Waals surface area contributed by atoms with Crippen molar-refractivity contribution in [3.63, 3.8) is 0 Å². The first-order valence-corrected chi connectivity index (χ1v) is 5.50. The number of fused-ring (bicyclic) bond motifs is 3. The third kappa shape index (κ3) is 1.37. The van der Waals surface area contributed by atoms with Crippen LogP contribution in [0, 0.1) is 0 Å². The summed E-state index contributed by atoms with van der Waals surface area (Å²) in [4.78, 5) is 10.8. The summed E-state index contributed by atoms with van der Waals surface area (Å²) in [6, 6.07) is 14.3. The van der Waals surface area contributed by atoms with E-state index in [1.807, 2.05) is 24.3 Å². The van der Waals surface area contributed by atoms with Crippen molar-refractivity contribution in [3.05, 3.63) is 65.5 Å². The predicted molar refractivity (Wildman–Crippen MR) is 64.0 cm³/mol. The molecular weight excluding hydrogens is 231 g/mol. The molecule has 88 valence electrons. The molecule has 0 atom stereocenters. The largest absolute Gasteiger partial charge is 0.542 e. The van der Waals surface area contributed by atoms with E-state index in [1.165, 1.54) is 0 Å². The van der Waals surface area contributed by atoms with Crippen LogP contribution in [0.5, 0.6) is 0 Å². The smallest absolute Gasteiger partial charge is 0.154 e. The van der Waals surface area contributed by atoms with E-state index in [1.54, 1.807) is 24.3 Å². The molecule has 2 aromatic carbocycles. The Bertz CT molecular complexity index is 639. The normalized spacial score (nSPS) is 11.9. The van der Waals surface area contributed by atoms with E-state index in [2.05, 4.69) is 0 Å². The molecule has 0 saturated heterocycles. The van der Waals surface area contributed by atoms with Gasteiger partial charge in [0.25, 0.3) is 0 Å². The molecule has 2 aromatic rings. The number of aliphatic carboxylic acids is 1. The zero-order chi connectivity index (χ0) is 12.7. The molecular formula is C15H8FO2-. The topological polar surface area (TPSA) is 40.1 Å². The van der Waals surface area contributed by atoms with Gasteiger partial charge in [0.1, 0.15) is 5.97 Å². The minimum absolute atomic E-state index is 0.112. The maximum Gasteiger partial charge on any atom is 0.154 e. The van der Waals surface area contributed by atoms with Crippen molar-refractivity contribution in [1.29, 1.82) is 0 Å². The molecule has 1 aliphatic carbocycles. The Morgan fingerprint density at radius 3 is 1.61 bits per heavy atom. The lowest BCUT2D eigenvalue weighted by Gasteiger charge is -2.06. The van der Waals surface area contributed by atoms with Crippen LogP contribution in [-0.2, 0) is 4.79 Å². The first-order chi connectivity index (χ1) is 8.70. The van der Waals surface area contributed by atoms with Crippen LogP contribution in [0.25, 0.3) is 16.7 Å². The van der Waals surface area contributed by atoms with Gasteiger partial charge >= 0.3 is 0 Å². The number of halogens is 1. The van der Waals surface area contributed by atoms with Crippen LogP contribution in [0.3, 0.4) is 0 Å². The van der Waals surface area contributed by atoms with Crippen molar-refractivity contribution in [2.45, 2.75) is 0 Å². The molecule has 0 N–H and O–H groups in total. The average molecular weight is 239 g/mol. The minimum atomic E-state index is -1.78. The molecule has 0 heterocycles. The number of carboxylic acid groups (broad SMARTS) is 1. The number of rotatable bonds is 1. The van der Waals surface area contributed by atoms with Gasteiger partial charge in [-0.2, -0.15) is 0 Å². The summed E-state index contributed by atoms with van der Waals surface area (Å²) >= 11 is 0. The van der Waals surface area contributed by atoms with Crippen molar-refractivity contribution in [1.82, 2.24) is 0 Å². The first kappa shape index (κ1) is 10.7. The SMILES string of the molecule is O=C([O-])C(F)=C1c2ccccc2-c2ccccc21. The summed E-state index contributed by atoms with van der Waals surface area (Å²) < 4.78 is 13.8. The van der Waals surface area contributed by atoms with Crippen molar-refractivity contribution in [2.24, 2.45) is 0 Å². The summed E-state index contributed by atoms with van der Waals surface area (Å²) in [5, 5.41) is 10.8. The van der Waals surface area contributed by atoms with Crippen molar-refractivity contribution >= 4 is 11.5 Å². The Morgan fingerprint density at radius 2 is 1.22 bits per heavy atom. The lowest BCUT2D eigenvalue weighted by Crippen LogP contribution is -2.23.